The van der Waals surface area contributed by atoms with E-state index in [0.717, 1.165) is 0 Å². The second-order valence-electron chi connectivity index (χ2n) is 4.79. The van der Waals surface area contributed by atoms with Crippen LogP contribution in [0.25, 0.3) is 0 Å². The summed E-state index contributed by atoms with van der Waals surface area (Å²) in [7, 11) is -1.60. The predicted molar refractivity (Wildman–Crippen MR) is 77.3 cm³/mol. The molecule has 1 aromatic carbocycles. The van der Waals surface area contributed by atoms with E-state index < -0.39 is 13.4 Å². The molecular formula is C14H21FNO4P. The SMILES string of the molecule is CCOP(=O)(OCC)[C@H]1C[C@H](c2cccc(F)c2)ON1C. The minimum absolute atomic E-state index is 0.298. The van der Waals surface area contributed by atoms with Crippen LogP contribution in [-0.2, 0) is 18.5 Å². The zero-order chi connectivity index (χ0) is 15.5. The number of benzene rings is 1. The summed E-state index contributed by atoms with van der Waals surface area (Å²) in [6.45, 7) is 4.13. The normalized spacial score (nSPS) is 23.6. The molecule has 1 aliphatic rings. The van der Waals surface area contributed by atoms with Gasteiger partial charge >= 0.3 is 7.60 Å². The van der Waals surface area contributed by atoms with Crippen LogP contribution >= 0.6 is 7.60 Å². The summed E-state index contributed by atoms with van der Waals surface area (Å²) < 4.78 is 36.9. The molecule has 1 aliphatic heterocycles. The molecular weight excluding hydrogens is 296 g/mol. The smallest absolute Gasteiger partial charge is 0.308 e. The van der Waals surface area contributed by atoms with Crippen LogP contribution in [0.5, 0.6) is 0 Å². The van der Waals surface area contributed by atoms with Gasteiger partial charge in [-0.3, -0.25) is 9.40 Å². The van der Waals surface area contributed by atoms with E-state index in [4.69, 9.17) is 13.9 Å². The van der Waals surface area contributed by atoms with Crippen LogP contribution in [0.2, 0.25) is 0 Å². The molecule has 1 aromatic rings. The highest BCUT2D eigenvalue weighted by Gasteiger charge is 2.46. The third-order valence-electron chi connectivity index (χ3n) is 3.34. The Morgan fingerprint density at radius 1 is 1.38 bits per heavy atom. The minimum Gasteiger partial charge on any atom is -0.308 e. The molecule has 0 radical (unpaired) electrons. The molecule has 1 heterocycles. The number of hydroxylamine groups is 2. The van der Waals surface area contributed by atoms with E-state index >= 15 is 0 Å². The fourth-order valence-corrected chi connectivity index (χ4v) is 4.50. The summed E-state index contributed by atoms with van der Waals surface area (Å²) in [6, 6.07) is 6.22. The van der Waals surface area contributed by atoms with E-state index in [-0.39, 0.29) is 11.9 Å². The first-order valence-electron chi connectivity index (χ1n) is 7.04. The summed E-state index contributed by atoms with van der Waals surface area (Å²) in [4.78, 5) is 5.69. The molecule has 118 valence electrons. The van der Waals surface area contributed by atoms with Gasteiger partial charge in [-0.15, -0.1) is 0 Å². The van der Waals surface area contributed by atoms with Gasteiger partial charge in [0.1, 0.15) is 17.7 Å². The van der Waals surface area contributed by atoms with E-state index in [1.807, 2.05) is 0 Å². The Balaban J connectivity index is 2.18. The maximum atomic E-state index is 13.3. The summed E-state index contributed by atoms with van der Waals surface area (Å²) in [6.07, 6.45) is 0.0713. The van der Waals surface area contributed by atoms with Crippen LogP contribution < -0.4 is 0 Å². The van der Waals surface area contributed by atoms with Gasteiger partial charge in [-0.25, -0.2) is 4.39 Å². The van der Waals surface area contributed by atoms with E-state index in [2.05, 4.69) is 0 Å². The zero-order valence-corrected chi connectivity index (χ0v) is 13.4. The molecule has 1 fully saturated rings. The predicted octanol–water partition coefficient (Wildman–Crippen LogP) is 3.73. The van der Waals surface area contributed by atoms with Gasteiger partial charge < -0.3 is 9.05 Å². The molecule has 2 rings (SSSR count). The van der Waals surface area contributed by atoms with E-state index in [0.29, 0.717) is 25.2 Å². The lowest BCUT2D eigenvalue weighted by molar-refractivity contribution is -0.137. The van der Waals surface area contributed by atoms with Crippen molar-refractivity contribution < 1.29 is 22.8 Å². The van der Waals surface area contributed by atoms with E-state index in [1.54, 1.807) is 33.0 Å². The van der Waals surface area contributed by atoms with Crippen molar-refractivity contribution in [1.29, 1.82) is 0 Å². The molecule has 21 heavy (non-hydrogen) atoms. The number of rotatable bonds is 6. The molecule has 0 amide bonds. The molecule has 0 bridgehead atoms. The highest BCUT2D eigenvalue weighted by Crippen LogP contribution is 2.59. The van der Waals surface area contributed by atoms with Crippen molar-refractivity contribution in [2.24, 2.45) is 0 Å². The molecule has 0 aromatic heterocycles. The van der Waals surface area contributed by atoms with Gasteiger partial charge in [-0.2, -0.15) is 5.06 Å². The Morgan fingerprint density at radius 2 is 2.05 bits per heavy atom. The Kier molecular flexibility index (Phi) is 5.52. The molecule has 0 N–H and O–H groups in total. The first-order chi connectivity index (χ1) is 10.00. The minimum atomic E-state index is -3.29. The number of nitrogens with zero attached hydrogens (tertiary/aromatic N) is 1. The zero-order valence-electron chi connectivity index (χ0n) is 12.5. The largest absolute Gasteiger partial charge is 0.350 e. The van der Waals surface area contributed by atoms with Gasteiger partial charge in [-0.1, -0.05) is 12.1 Å². The van der Waals surface area contributed by atoms with Crippen LogP contribution in [0.1, 0.15) is 31.9 Å². The van der Waals surface area contributed by atoms with Crippen LogP contribution in [-0.4, -0.2) is 31.1 Å². The molecule has 0 aliphatic carbocycles. The fraction of sp³-hybridized carbons (Fsp3) is 0.571. The molecule has 7 heteroatoms. The van der Waals surface area contributed by atoms with Crippen molar-refractivity contribution in [1.82, 2.24) is 5.06 Å². The van der Waals surface area contributed by atoms with Crippen LogP contribution in [0, 0.1) is 5.82 Å². The average molecular weight is 317 g/mol. The van der Waals surface area contributed by atoms with Crippen molar-refractivity contribution in [2.45, 2.75) is 32.2 Å². The number of hydrogen-bond donors (Lipinski definition) is 0. The molecule has 2 atom stereocenters. The van der Waals surface area contributed by atoms with Gasteiger partial charge in [0, 0.05) is 13.5 Å². The highest BCUT2D eigenvalue weighted by atomic mass is 31.2. The Labute approximate surface area is 124 Å². The lowest BCUT2D eigenvalue weighted by Crippen LogP contribution is -2.25. The molecule has 0 unspecified atom stereocenters. The van der Waals surface area contributed by atoms with Crippen molar-refractivity contribution in [3.63, 3.8) is 0 Å². The molecule has 0 saturated carbocycles. The lowest BCUT2D eigenvalue weighted by Gasteiger charge is -2.25. The maximum absolute atomic E-state index is 13.3. The van der Waals surface area contributed by atoms with Crippen molar-refractivity contribution in [3.05, 3.63) is 35.6 Å². The van der Waals surface area contributed by atoms with E-state index in [1.165, 1.54) is 17.2 Å². The third-order valence-corrected chi connectivity index (χ3v) is 5.84. The number of halogens is 1. The second kappa shape index (κ2) is 6.99. The maximum Gasteiger partial charge on any atom is 0.350 e. The fourth-order valence-electron chi connectivity index (χ4n) is 2.46. The third kappa shape index (κ3) is 3.71. The topological polar surface area (TPSA) is 48.0 Å². The molecule has 0 spiro atoms. The summed E-state index contributed by atoms with van der Waals surface area (Å²) in [5, 5.41) is 1.50. The Morgan fingerprint density at radius 3 is 2.62 bits per heavy atom. The van der Waals surface area contributed by atoms with Gasteiger partial charge in [0.05, 0.1) is 13.2 Å². The van der Waals surface area contributed by atoms with Crippen molar-refractivity contribution in [2.75, 3.05) is 20.3 Å². The van der Waals surface area contributed by atoms with Gasteiger partial charge in [-0.05, 0) is 31.5 Å². The standard InChI is InChI=1S/C14H21FNO4P/c1-4-18-21(17,19-5-2)14-10-13(20-16(14)3)11-7-6-8-12(15)9-11/h6-9,13-14H,4-5,10H2,1-3H3/t13-,14+/m1/s1. The Hall–Kier alpha value is -0.780. The average Bonchev–Trinajstić information content (AvgIpc) is 2.82. The van der Waals surface area contributed by atoms with Crippen LogP contribution in [0.15, 0.2) is 24.3 Å². The van der Waals surface area contributed by atoms with Crippen LogP contribution in [0.4, 0.5) is 4.39 Å². The van der Waals surface area contributed by atoms with E-state index in [9.17, 15) is 8.96 Å². The van der Waals surface area contributed by atoms with Gasteiger partial charge in [0.25, 0.3) is 0 Å². The second-order valence-corrected chi connectivity index (χ2v) is 6.98. The van der Waals surface area contributed by atoms with Gasteiger partial charge in [0.2, 0.25) is 0 Å². The summed E-state index contributed by atoms with van der Waals surface area (Å²) in [5.74, 6) is -0.814. The molecule has 1 saturated heterocycles. The lowest BCUT2D eigenvalue weighted by atomic mass is 10.1. The van der Waals surface area contributed by atoms with Gasteiger partial charge in [0.15, 0.2) is 0 Å². The monoisotopic (exact) mass is 317 g/mol. The summed E-state index contributed by atoms with van der Waals surface area (Å²) >= 11 is 0. The first kappa shape index (κ1) is 16.6. The van der Waals surface area contributed by atoms with Crippen molar-refractivity contribution in [3.8, 4) is 0 Å². The molecule has 5 nitrogen and oxygen atoms in total. The highest BCUT2D eigenvalue weighted by molar-refractivity contribution is 7.54. The van der Waals surface area contributed by atoms with Crippen LogP contribution in [0.3, 0.4) is 0 Å². The van der Waals surface area contributed by atoms with Crippen molar-refractivity contribution >= 4 is 7.60 Å². The Bertz CT molecular complexity index is 517. The number of hydrogen-bond acceptors (Lipinski definition) is 5. The summed E-state index contributed by atoms with van der Waals surface area (Å²) in [5.41, 5.74) is 0.712. The quantitative estimate of drug-likeness (QED) is 0.748. The first-order valence-corrected chi connectivity index (χ1v) is 8.65.